The lowest BCUT2D eigenvalue weighted by Gasteiger charge is -2.12. The second-order valence-corrected chi connectivity index (χ2v) is 9.93. The molecule has 0 saturated heterocycles. The summed E-state index contributed by atoms with van der Waals surface area (Å²) in [7, 11) is 0. The monoisotopic (exact) mass is 497 g/mol. The van der Waals surface area contributed by atoms with E-state index in [1.165, 1.54) is 16.6 Å². The van der Waals surface area contributed by atoms with E-state index >= 15 is 0 Å². The molecule has 0 atom stereocenters. The highest BCUT2D eigenvalue weighted by Crippen LogP contribution is 2.21. The predicted molar refractivity (Wildman–Crippen MR) is 151 cm³/mol. The Hall–Kier alpha value is -3.60. The Morgan fingerprint density at radius 3 is 2.49 bits per heavy atom. The summed E-state index contributed by atoms with van der Waals surface area (Å²) in [6.07, 6.45) is 6.07. The first kappa shape index (κ1) is 26.5. The minimum Gasteiger partial charge on any atom is -0.493 e. The summed E-state index contributed by atoms with van der Waals surface area (Å²) in [6.45, 7) is 8.58. The van der Waals surface area contributed by atoms with Gasteiger partial charge < -0.3 is 14.6 Å². The fourth-order valence-electron chi connectivity index (χ4n) is 4.58. The molecule has 0 aliphatic heterocycles. The minimum absolute atomic E-state index is 0.00308. The van der Waals surface area contributed by atoms with Crippen molar-refractivity contribution < 1.29 is 9.53 Å². The van der Waals surface area contributed by atoms with Gasteiger partial charge in [-0.15, -0.1) is 0 Å². The zero-order chi connectivity index (χ0) is 26.0. The highest BCUT2D eigenvalue weighted by molar-refractivity contribution is 5.94. The van der Waals surface area contributed by atoms with Crippen molar-refractivity contribution in [2.75, 3.05) is 13.2 Å². The van der Waals surface area contributed by atoms with Gasteiger partial charge in [0.25, 0.3) is 5.91 Å². The summed E-state index contributed by atoms with van der Waals surface area (Å²) in [5.74, 6) is 2.15. The molecule has 0 unspecified atom stereocenters. The normalized spacial score (nSPS) is 11.1. The van der Waals surface area contributed by atoms with Crippen LogP contribution >= 0.6 is 0 Å². The van der Waals surface area contributed by atoms with Crippen LogP contribution in [0.2, 0.25) is 0 Å². The largest absolute Gasteiger partial charge is 0.493 e. The maximum absolute atomic E-state index is 12.3. The first-order chi connectivity index (χ1) is 18.0. The zero-order valence-corrected chi connectivity index (χ0v) is 22.4. The maximum atomic E-state index is 12.3. The average Bonchev–Trinajstić information content (AvgIpc) is 3.25. The number of nitrogens with zero attached hydrogens (tertiary/aromatic N) is 2. The molecule has 1 heterocycles. The minimum atomic E-state index is 0.00308. The number of imidazole rings is 1. The second-order valence-electron chi connectivity index (χ2n) is 9.93. The van der Waals surface area contributed by atoms with Crippen molar-refractivity contribution in [3.05, 3.63) is 94.8 Å². The van der Waals surface area contributed by atoms with E-state index in [4.69, 9.17) is 9.72 Å². The van der Waals surface area contributed by atoms with Crippen LogP contribution in [0.3, 0.4) is 0 Å². The molecule has 1 amide bonds. The molecule has 0 bridgehead atoms. The molecule has 1 N–H and O–H groups in total. The maximum Gasteiger partial charge on any atom is 0.251 e. The van der Waals surface area contributed by atoms with Crippen molar-refractivity contribution in [3.8, 4) is 5.75 Å². The van der Waals surface area contributed by atoms with Crippen LogP contribution in [0.1, 0.15) is 65.0 Å². The Morgan fingerprint density at radius 2 is 1.65 bits per heavy atom. The molecule has 0 aliphatic carbocycles. The van der Waals surface area contributed by atoms with Crippen LogP contribution in [0.5, 0.6) is 5.75 Å². The first-order valence-electron chi connectivity index (χ1n) is 13.5. The molecular formula is C32H39N3O2. The van der Waals surface area contributed by atoms with E-state index in [2.05, 4.69) is 66.2 Å². The summed E-state index contributed by atoms with van der Waals surface area (Å²) in [5, 5.41) is 3.04. The van der Waals surface area contributed by atoms with Crippen molar-refractivity contribution in [3.63, 3.8) is 0 Å². The van der Waals surface area contributed by atoms with Crippen molar-refractivity contribution in [1.29, 1.82) is 0 Å². The Kier molecular flexibility index (Phi) is 9.36. The van der Waals surface area contributed by atoms with Gasteiger partial charge in [0.15, 0.2) is 0 Å². The third kappa shape index (κ3) is 7.45. The molecule has 0 saturated carbocycles. The summed E-state index contributed by atoms with van der Waals surface area (Å²) in [4.78, 5) is 17.2. The van der Waals surface area contributed by atoms with Crippen LogP contribution in [0.25, 0.3) is 11.0 Å². The number of carbonyl (C=O) groups excluding carboxylic acids is 1. The molecule has 1 aromatic heterocycles. The van der Waals surface area contributed by atoms with Gasteiger partial charge in [-0.2, -0.15) is 0 Å². The lowest BCUT2D eigenvalue weighted by atomic mass is 10.1. The number of amides is 1. The van der Waals surface area contributed by atoms with E-state index in [1.54, 1.807) is 0 Å². The standard InChI is InChI=1S/C32H39N3O2/c1-24-15-18-27(19-16-24)32(36)33-20-8-4-5-13-31-34-28-11-6-7-12-29(28)35(31)21-9-10-22-37-30-23-25(2)14-17-26(30)3/h6-7,11-12,14-19,23H,4-5,8-10,13,20-22H2,1-3H3,(H,33,36). The smallest absolute Gasteiger partial charge is 0.251 e. The number of hydrogen-bond acceptors (Lipinski definition) is 3. The van der Waals surface area contributed by atoms with E-state index in [-0.39, 0.29) is 5.91 Å². The predicted octanol–water partition coefficient (Wildman–Crippen LogP) is 6.96. The van der Waals surface area contributed by atoms with Crippen LogP contribution in [0.4, 0.5) is 0 Å². The first-order valence-corrected chi connectivity index (χ1v) is 13.5. The fraction of sp³-hybridized carbons (Fsp3) is 0.375. The van der Waals surface area contributed by atoms with Gasteiger partial charge >= 0.3 is 0 Å². The summed E-state index contributed by atoms with van der Waals surface area (Å²) in [6, 6.07) is 22.5. The number of aromatic nitrogens is 2. The number of para-hydroxylation sites is 2. The van der Waals surface area contributed by atoms with Gasteiger partial charge in [-0.1, -0.05) is 48.4 Å². The summed E-state index contributed by atoms with van der Waals surface area (Å²) in [5.41, 5.74) is 6.56. The molecule has 4 rings (SSSR count). The van der Waals surface area contributed by atoms with Gasteiger partial charge in [-0.3, -0.25) is 4.79 Å². The van der Waals surface area contributed by atoms with Crippen LogP contribution < -0.4 is 10.1 Å². The number of carbonyl (C=O) groups is 1. The molecule has 0 spiro atoms. The van der Waals surface area contributed by atoms with E-state index in [9.17, 15) is 4.79 Å². The number of hydrogen-bond donors (Lipinski definition) is 1. The van der Waals surface area contributed by atoms with Gasteiger partial charge in [0.1, 0.15) is 11.6 Å². The molecule has 0 aliphatic rings. The second kappa shape index (κ2) is 13.1. The Labute approximate surface area is 220 Å². The molecule has 194 valence electrons. The Bertz CT molecular complexity index is 1310. The van der Waals surface area contributed by atoms with Crippen LogP contribution in [-0.4, -0.2) is 28.6 Å². The van der Waals surface area contributed by atoms with Crippen molar-refractivity contribution in [2.45, 2.75) is 65.8 Å². The molecule has 5 nitrogen and oxygen atoms in total. The molecule has 0 fully saturated rings. The van der Waals surface area contributed by atoms with Gasteiger partial charge in [0.2, 0.25) is 0 Å². The topological polar surface area (TPSA) is 56.2 Å². The summed E-state index contributed by atoms with van der Waals surface area (Å²) < 4.78 is 8.43. The molecule has 37 heavy (non-hydrogen) atoms. The van der Waals surface area contributed by atoms with Crippen molar-refractivity contribution in [2.24, 2.45) is 0 Å². The SMILES string of the molecule is Cc1ccc(C(=O)NCCCCCc2nc3ccccc3n2CCCCOc2cc(C)ccc2C)cc1. The fourth-order valence-corrected chi connectivity index (χ4v) is 4.58. The van der Waals surface area contributed by atoms with E-state index in [0.29, 0.717) is 6.54 Å². The van der Waals surface area contributed by atoms with Crippen molar-refractivity contribution >= 4 is 16.9 Å². The van der Waals surface area contributed by atoms with Crippen LogP contribution in [0, 0.1) is 20.8 Å². The number of fused-ring (bicyclic) bond motifs is 1. The van der Waals surface area contributed by atoms with Crippen LogP contribution in [-0.2, 0) is 13.0 Å². The lowest BCUT2D eigenvalue weighted by molar-refractivity contribution is 0.0953. The number of ether oxygens (including phenoxy) is 1. The van der Waals surface area contributed by atoms with Crippen LogP contribution in [0.15, 0.2) is 66.7 Å². The zero-order valence-electron chi connectivity index (χ0n) is 22.4. The lowest BCUT2D eigenvalue weighted by Crippen LogP contribution is -2.24. The number of nitrogens with one attached hydrogen (secondary N) is 1. The average molecular weight is 498 g/mol. The van der Waals surface area contributed by atoms with Gasteiger partial charge in [-0.25, -0.2) is 4.98 Å². The number of aryl methyl sites for hydroxylation is 5. The quantitative estimate of drug-likeness (QED) is 0.203. The summed E-state index contributed by atoms with van der Waals surface area (Å²) >= 11 is 0. The molecular weight excluding hydrogens is 458 g/mol. The molecule has 0 radical (unpaired) electrons. The molecule has 4 aromatic rings. The highest BCUT2D eigenvalue weighted by Gasteiger charge is 2.10. The number of rotatable bonds is 13. The Morgan fingerprint density at radius 1 is 0.865 bits per heavy atom. The van der Waals surface area contributed by atoms with Crippen molar-refractivity contribution in [1.82, 2.24) is 14.9 Å². The number of benzene rings is 3. The third-order valence-corrected chi connectivity index (χ3v) is 6.79. The third-order valence-electron chi connectivity index (χ3n) is 6.79. The Balaban J connectivity index is 1.22. The number of unbranched alkanes of at least 4 members (excludes halogenated alkanes) is 3. The van der Waals surface area contributed by atoms with E-state index in [1.807, 2.05) is 31.2 Å². The van der Waals surface area contributed by atoms with Gasteiger partial charge in [0.05, 0.1) is 17.6 Å². The molecule has 3 aromatic carbocycles. The highest BCUT2D eigenvalue weighted by atomic mass is 16.5. The van der Waals surface area contributed by atoms with Gasteiger partial charge in [0, 0.05) is 25.1 Å². The molecule has 5 heteroatoms. The van der Waals surface area contributed by atoms with Gasteiger partial charge in [-0.05, 0) is 87.9 Å². The van der Waals surface area contributed by atoms with E-state index in [0.717, 1.165) is 79.9 Å². The van der Waals surface area contributed by atoms with E-state index < -0.39 is 0 Å².